The van der Waals surface area contributed by atoms with Crippen molar-refractivity contribution in [2.75, 3.05) is 25.1 Å². The van der Waals surface area contributed by atoms with E-state index in [0.717, 1.165) is 0 Å². The summed E-state index contributed by atoms with van der Waals surface area (Å²) in [7, 11) is 0. The highest BCUT2D eigenvalue weighted by molar-refractivity contribution is 9.11. The molecule has 1 unspecified atom stereocenters. The number of nitrogens with one attached hydrogen (secondary N) is 1. The van der Waals surface area contributed by atoms with E-state index in [1.165, 1.54) is 11.1 Å². The van der Waals surface area contributed by atoms with Gasteiger partial charge in [-0.25, -0.2) is 14.8 Å². The number of carbonyl (C=O) groups excluding carboxylic acids is 2. The molecule has 0 aliphatic carbocycles. The van der Waals surface area contributed by atoms with Crippen LogP contribution in [0, 0.1) is 0 Å². The van der Waals surface area contributed by atoms with Gasteiger partial charge in [0.2, 0.25) is 0 Å². The number of rotatable bonds is 2. The predicted octanol–water partition coefficient (Wildman–Crippen LogP) is 2.58. The smallest absolute Gasteiger partial charge is 0.411 e. The Morgan fingerprint density at radius 3 is 2.75 bits per heavy atom. The fourth-order valence-electron chi connectivity index (χ4n) is 1.99. The molecule has 2 heterocycles. The lowest BCUT2D eigenvalue weighted by atomic mass is 10.2. The summed E-state index contributed by atoms with van der Waals surface area (Å²) in [5.74, 6) is -0.157. The van der Waals surface area contributed by atoms with Crippen molar-refractivity contribution >= 4 is 49.7 Å². The van der Waals surface area contributed by atoms with Gasteiger partial charge < -0.3 is 14.8 Å². The number of halogens is 2. The molecule has 1 N–H and O–H groups in total. The lowest BCUT2D eigenvalue weighted by Crippen LogP contribution is -2.55. The Morgan fingerprint density at radius 1 is 1.42 bits per heavy atom. The molecule has 0 radical (unpaired) electrons. The van der Waals surface area contributed by atoms with Gasteiger partial charge in [-0.05, 0) is 52.6 Å². The molecule has 2 rings (SSSR count). The highest BCUT2D eigenvalue weighted by Crippen LogP contribution is 2.21. The molecule has 8 nitrogen and oxygen atoms in total. The molecule has 0 saturated carbocycles. The molecule has 0 aromatic carbocycles. The molecule has 1 fully saturated rings. The van der Waals surface area contributed by atoms with Crippen LogP contribution in [0.2, 0.25) is 0 Å². The molecule has 0 bridgehead atoms. The van der Waals surface area contributed by atoms with Crippen molar-refractivity contribution in [2.45, 2.75) is 32.4 Å². The van der Waals surface area contributed by atoms with Gasteiger partial charge in [0, 0.05) is 6.54 Å². The summed E-state index contributed by atoms with van der Waals surface area (Å²) in [6, 6.07) is -0.800. The minimum absolute atomic E-state index is 0.0899. The van der Waals surface area contributed by atoms with Crippen LogP contribution in [0.15, 0.2) is 15.4 Å². The summed E-state index contributed by atoms with van der Waals surface area (Å²) in [6.45, 7) is 6.04. The number of hydrogen-bond donors (Lipinski definition) is 1. The minimum atomic E-state index is -0.800. The van der Waals surface area contributed by atoms with E-state index >= 15 is 0 Å². The zero-order valence-corrected chi connectivity index (χ0v) is 16.7. The maximum absolute atomic E-state index is 12.5. The predicted molar refractivity (Wildman–Crippen MR) is 93.6 cm³/mol. The third-order valence-electron chi connectivity index (χ3n) is 3.00. The summed E-state index contributed by atoms with van der Waals surface area (Å²) in [5.41, 5.74) is -0.642. The molecular weight excluding hydrogens is 448 g/mol. The van der Waals surface area contributed by atoms with E-state index in [1.54, 1.807) is 20.8 Å². The number of anilines is 1. The molecule has 1 aromatic rings. The second kappa shape index (κ2) is 7.75. The van der Waals surface area contributed by atoms with Crippen LogP contribution >= 0.6 is 31.9 Å². The Labute approximate surface area is 156 Å². The van der Waals surface area contributed by atoms with E-state index < -0.39 is 23.6 Å². The number of hydrogen-bond acceptors (Lipinski definition) is 6. The van der Waals surface area contributed by atoms with E-state index in [4.69, 9.17) is 9.47 Å². The number of aromatic nitrogens is 2. The molecule has 1 atom stereocenters. The molecule has 1 aliphatic rings. The zero-order valence-electron chi connectivity index (χ0n) is 13.5. The third kappa shape index (κ3) is 5.12. The Kier molecular flexibility index (Phi) is 6.16. The van der Waals surface area contributed by atoms with Crippen molar-refractivity contribution in [1.82, 2.24) is 14.9 Å². The zero-order chi connectivity index (χ0) is 17.9. The summed E-state index contributed by atoms with van der Waals surface area (Å²) in [6.07, 6.45) is 0.913. The van der Waals surface area contributed by atoms with Gasteiger partial charge in [-0.2, -0.15) is 0 Å². The number of carbonyl (C=O) groups is 2. The molecule has 0 spiro atoms. The second-order valence-electron chi connectivity index (χ2n) is 6.09. The third-order valence-corrected chi connectivity index (χ3v) is 3.94. The average molecular weight is 466 g/mol. The largest absolute Gasteiger partial charge is 0.444 e. The molecule has 132 valence electrons. The first-order chi connectivity index (χ1) is 11.2. The highest BCUT2D eigenvalue weighted by Gasteiger charge is 2.35. The average Bonchev–Trinajstić information content (AvgIpc) is 2.48. The summed E-state index contributed by atoms with van der Waals surface area (Å²) in [4.78, 5) is 34.4. The van der Waals surface area contributed by atoms with Gasteiger partial charge in [0.15, 0.2) is 5.82 Å². The van der Waals surface area contributed by atoms with Gasteiger partial charge in [0.25, 0.3) is 5.91 Å². The Balaban J connectivity index is 2.11. The molecule has 2 amide bonds. The first-order valence-corrected chi connectivity index (χ1v) is 8.82. The van der Waals surface area contributed by atoms with E-state index in [0.29, 0.717) is 15.8 Å². The number of ether oxygens (including phenoxy) is 2. The topological polar surface area (TPSA) is 93.6 Å². The van der Waals surface area contributed by atoms with E-state index in [1.807, 2.05) is 0 Å². The first-order valence-electron chi connectivity index (χ1n) is 7.23. The van der Waals surface area contributed by atoms with Crippen LogP contribution in [-0.2, 0) is 14.3 Å². The fraction of sp³-hybridized carbons (Fsp3) is 0.571. The van der Waals surface area contributed by atoms with Crippen molar-refractivity contribution in [3.05, 3.63) is 15.4 Å². The number of amides is 2. The SMILES string of the molecule is CC(C)(C)OC(=O)N1CCOCC1C(=O)Nc1ncc(Br)nc1Br. The van der Waals surface area contributed by atoms with E-state index in [-0.39, 0.29) is 19.0 Å². The quantitative estimate of drug-likeness (QED) is 0.721. The van der Waals surface area contributed by atoms with E-state index in [2.05, 4.69) is 47.1 Å². The van der Waals surface area contributed by atoms with E-state index in [9.17, 15) is 9.59 Å². The Hall–Kier alpha value is -1.26. The van der Waals surface area contributed by atoms with Crippen LogP contribution in [0.5, 0.6) is 0 Å². The number of nitrogens with zero attached hydrogens (tertiary/aromatic N) is 3. The molecule has 1 saturated heterocycles. The van der Waals surface area contributed by atoms with Crippen LogP contribution in [-0.4, -0.2) is 58.3 Å². The standard InChI is InChI=1S/C14H18Br2N4O4/c1-14(2,3)24-13(22)20-4-5-23-7-8(20)12(21)19-11-10(16)18-9(15)6-17-11/h6,8H,4-5,7H2,1-3H3,(H,17,19,21). The van der Waals surface area contributed by atoms with Crippen molar-refractivity contribution < 1.29 is 19.1 Å². The molecular formula is C14H18Br2N4O4. The Bertz CT molecular complexity index is 636. The normalized spacial score (nSPS) is 18.2. The van der Waals surface area contributed by atoms with Crippen LogP contribution in [0.4, 0.5) is 10.6 Å². The minimum Gasteiger partial charge on any atom is -0.444 e. The van der Waals surface area contributed by atoms with Gasteiger partial charge in [-0.15, -0.1) is 0 Å². The summed E-state index contributed by atoms with van der Waals surface area (Å²) in [5, 5.41) is 2.65. The van der Waals surface area contributed by atoms with Crippen LogP contribution in [0.1, 0.15) is 20.8 Å². The van der Waals surface area contributed by atoms with Gasteiger partial charge in [0.05, 0.1) is 19.4 Å². The van der Waals surface area contributed by atoms with Gasteiger partial charge in [-0.1, -0.05) is 0 Å². The monoisotopic (exact) mass is 464 g/mol. The molecule has 1 aliphatic heterocycles. The van der Waals surface area contributed by atoms with Crippen molar-refractivity contribution in [3.63, 3.8) is 0 Å². The van der Waals surface area contributed by atoms with Gasteiger partial charge >= 0.3 is 6.09 Å². The van der Waals surface area contributed by atoms with Gasteiger partial charge in [0.1, 0.15) is 20.8 Å². The van der Waals surface area contributed by atoms with Crippen molar-refractivity contribution in [1.29, 1.82) is 0 Å². The first kappa shape index (κ1) is 19.1. The molecule has 10 heteroatoms. The maximum Gasteiger partial charge on any atom is 0.411 e. The van der Waals surface area contributed by atoms with Gasteiger partial charge in [-0.3, -0.25) is 9.69 Å². The van der Waals surface area contributed by atoms with Crippen molar-refractivity contribution in [3.8, 4) is 0 Å². The lowest BCUT2D eigenvalue weighted by Gasteiger charge is -2.35. The van der Waals surface area contributed by atoms with Crippen LogP contribution in [0.25, 0.3) is 0 Å². The Morgan fingerprint density at radius 2 is 2.12 bits per heavy atom. The molecule has 1 aromatic heterocycles. The number of morpholine rings is 1. The fourth-order valence-corrected chi connectivity index (χ4v) is 2.90. The second-order valence-corrected chi connectivity index (χ2v) is 7.65. The highest BCUT2D eigenvalue weighted by atomic mass is 79.9. The summed E-state index contributed by atoms with van der Waals surface area (Å²) >= 11 is 6.42. The molecule has 24 heavy (non-hydrogen) atoms. The van der Waals surface area contributed by atoms with Crippen molar-refractivity contribution in [2.24, 2.45) is 0 Å². The van der Waals surface area contributed by atoms with Crippen LogP contribution in [0.3, 0.4) is 0 Å². The maximum atomic E-state index is 12.5. The van der Waals surface area contributed by atoms with Crippen LogP contribution < -0.4 is 5.32 Å². The summed E-state index contributed by atoms with van der Waals surface area (Å²) < 4.78 is 11.6. The lowest BCUT2D eigenvalue weighted by molar-refractivity contribution is -0.127.